The van der Waals surface area contributed by atoms with Crippen molar-refractivity contribution in [2.75, 3.05) is 13.7 Å². The maximum atomic E-state index is 14.1. The first-order valence-electron chi connectivity index (χ1n) is 13.8. The Labute approximate surface area is 258 Å². The van der Waals surface area contributed by atoms with Gasteiger partial charge in [0.2, 0.25) is 5.82 Å². The number of carbonyl (C=O) groups excluding carboxylic acids is 1. The average molecular weight is 626 g/mol. The third kappa shape index (κ3) is 5.58. The third-order valence-electron chi connectivity index (χ3n) is 7.11. The number of nitro groups is 1. The second-order valence-electron chi connectivity index (χ2n) is 9.83. The first-order valence-corrected chi connectivity index (χ1v) is 14.6. The zero-order valence-corrected chi connectivity index (χ0v) is 24.7. The van der Waals surface area contributed by atoms with Crippen LogP contribution in [0.1, 0.15) is 29.9 Å². The van der Waals surface area contributed by atoms with Gasteiger partial charge in [-0.1, -0.05) is 53.8 Å². The van der Waals surface area contributed by atoms with E-state index in [4.69, 9.17) is 18.9 Å². The number of esters is 1. The minimum Gasteiger partial charge on any atom is -0.497 e. The summed E-state index contributed by atoms with van der Waals surface area (Å²) in [6, 6.07) is 22.0. The summed E-state index contributed by atoms with van der Waals surface area (Å²) in [6.45, 7) is 1.83. The number of nitrogens with zero attached hydrogens (tertiary/aromatic N) is 3. The van der Waals surface area contributed by atoms with Gasteiger partial charge in [-0.2, -0.15) is 4.39 Å². The van der Waals surface area contributed by atoms with Crippen LogP contribution in [0.15, 0.2) is 105 Å². The molecule has 10 nitrogen and oxygen atoms in total. The molecule has 0 aliphatic carbocycles. The molecular formula is C33H24FN3O7S. The van der Waals surface area contributed by atoms with E-state index in [0.717, 1.165) is 23.5 Å². The zero-order chi connectivity index (χ0) is 31.7. The van der Waals surface area contributed by atoms with Crippen LogP contribution < -0.4 is 19.6 Å². The highest BCUT2D eigenvalue weighted by atomic mass is 32.1. The van der Waals surface area contributed by atoms with Crippen LogP contribution >= 0.6 is 11.3 Å². The van der Waals surface area contributed by atoms with Crippen LogP contribution in [0.5, 0.6) is 5.75 Å². The van der Waals surface area contributed by atoms with E-state index in [2.05, 4.69) is 0 Å². The number of carbonyl (C=O) groups is 1. The predicted octanol–water partition coefficient (Wildman–Crippen LogP) is 5.25. The quantitative estimate of drug-likeness (QED) is 0.131. The lowest BCUT2D eigenvalue weighted by Gasteiger charge is -2.26. The summed E-state index contributed by atoms with van der Waals surface area (Å²) in [4.78, 5) is 43.2. The molecule has 0 fully saturated rings. The fraction of sp³-hybridized carbons (Fsp3) is 0.121. The van der Waals surface area contributed by atoms with E-state index in [1.54, 1.807) is 43.3 Å². The van der Waals surface area contributed by atoms with Gasteiger partial charge in [0.1, 0.15) is 17.3 Å². The SMILES string of the molecule is CCOC(=O)C1=C(c2ccccc2)N=c2s/c(=C\c3ccc(-c4ccc(F)c([N+](=O)[O-])c4)o3)c(=O)n2[C@@H]1c1cccc(OC)c1. The number of methoxy groups -OCH3 is 1. The van der Waals surface area contributed by atoms with Crippen molar-refractivity contribution < 1.29 is 28.0 Å². The number of ether oxygens (including phenoxy) is 2. The average Bonchev–Trinajstić information content (AvgIpc) is 3.64. The van der Waals surface area contributed by atoms with E-state index in [-0.39, 0.29) is 28.2 Å². The Morgan fingerprint density at radius 2 is 1.89 bits per heavy atom. The third-order valence-corrected chi connectivity index (χ3v) is 8.09. The van der Waals surface area contributed by atoms with Gasteiger partial charge in [-0.15, -0.1) is 0 Å². The molecule has 226 valence electrons. The van der Waals surface area contributed by atoms with Crippen LogP contribution in [-0.4, -0.2) is 29.2 Å². The number of thiazole rings is 1. The molecule has 0 saturated carbocycles. The van der Waals surface area contributed by atoms with Gasteiger partial charge in [0, 0.05) is 23.3 Å². The highest BCUT2D eigenvalue weighted by Crippen LogP contribution is 2.36. The summed E-state index contributed by atoms with van der Waals surface area (Å²) < 4.78 is 32.4. The van der Waals surface area contributed by atoms with Crippen molar-refractivity contribution in [1.29, 1.82) is 0 Å². The van der Waals surface area contributed by atoms with Crippen molar-refractivity contribution in [2.45, 2.75) is 13.0 Å². The van der Waals surface area contributed by atoms with Crippen molar-refractivity contribution in [3.05, 3.63) is 143 Å². The van der Waals surface area contributed by atoms with Crippen molar-refractivity contribution >= 4 is 34.8 Å². The van der Waals surface area contributed by atoms with Gasteiger partial charge in [0.05, 0.1) is 40.5 Å². The summed E-state index contributed by atoms with van der Waals surface area (Å²) in [5, 5.41) is 11.2. The van der Waals surface area contributed by atoms with Crippen LogP contribution in [0.3, 0.4) is 0 Å². The van der Waals surface area contributed by atoms with Gasteiger partial charge in [0.25, 0.3) is 5.56 Å². The fourth-order valence-corrected chi connectivity index (χ4v) is 6.07. The Morgan fingerprint density at radius 3 is 2.62 bits per heavy atom. The molecule has 0 spiro atoms. The molecular weight excluding hydrogens is 601 g/mol. The number of rotatable bonds is 8. The molecule has 0 saturated heterocycles. The zero-order valence-electron chi connectivity index (χ0n) is 23.9. The van der Waals surface area contributed by atoms with Crippen molar-refractivity contribution in [3.8, 4) is 17.1 Å². The normalized spacial score (nSPS) is 14.6. The van der Waals surface area contributed by atoms with Crippen molar-refractivity contribution in [3.63, 3.8) is 0 Å². The van der Waals surface area contributed by atoms with Gasteiger partial charge < -0.3 is 13.9 Å². The lowest BCUT2D eigenvalue weighted by atomic mass is 9.93. The van der Waals surface area contributed by atoms with Gasteiger partial charge in [-0.25, -0.2) is 9.79 Å². The molecule has 0 radical (unpaired) electrons. The number of furan rings is 1. The van der Waals surface area contributed by atoms with E-state index < -0.39 is 34.0 Å². The van der Waals surface area contributed by atoms with Crippen LogP contribution in [0.2, 0.25) is 0 Å². The summed E-state index contributed by atoms with van der Waals surface area (Å²) in [5.41, 5.74) is 1.08. The molecule has 1 aliphatic rings. The molecule has 12 heteroatoms. The number of hydrogen-bond acceptors (Lipinski definition) is 9. The maximum Gasteiger partial charge on any atom is 0.338 e. The number of nitro benzene ring substituents is 1. The van der Waals surface area contributed by atoms with Gasteiger partial charge in [0.15, 0.2) is 4.80 Å². The van der Waals surface area contributed by atoms with Crippen LogP contribution in [0, 0.1) is 15.9 Å². The molecule has 0 N–H and O–H groups in total. The number of benzene rings is 3. The molecule has 1 aliphatic heterocycles. The molecule has 1 atom stereocenters. The Kier molecular flexibility index (Phi) is 7.97. The van der Waals surface area contributed by atoms with Crippen LogP contribution in [-0.2, 0) is 9.53 Å². The summed E-state index contributed by atoms with van der Waals surface area (Å²) in [6.07, 6.45) is 1.53. The Hall–Kier alpha value is -5.62. The molecule has 0 unspecified atom stereocenters. The number of fused-ring (bicyclic) bond motifs is 1. The summed E-state index contributed by atoms with van der Waals surface area (Å²) in [7, 11) is 1.53. The van der Waals surface area contributed by atoms with Gasteiger partial charge in [-0.05, 0) is 48.9 Å². The van der Waals surface area contributed by atoms with E-state index in [0.29, 0.717) is 32.9 Å². The number of hydrogen-bond donors (Lipinski definition) is 0. The molecule has 3 heterocycles. The van der Waals surface area contributed by atoms with Gasteiger partial charge in [-0.3, -0.25) is 19.5 Å². The Morgan fingerprint density at radius 1 is 1.09 bits per heavy atom. The first kappa shape index (κ1) is 29.5. The highest BCUT2D eigenvalue weighted by molar-refractivity contribution is 7.07. The van der Waals surface area contributed by atoms with E-state index in [1.165, 1.54) is 23.8 Å². The minimum absolute atomic E-state index is 0.123. The monoisotopic (exact) mass is 625 g/mol. The van der Waals surface area contributed by atoms with E-state index in [1.807, 2.05) is 30.3 Å². The Bertz CT molecular complexity index is 2170. The maximum absolute atomic E-state index is 14.1. The smallest absolute Gasteiger partial charge is 0.338 e. The topological polar surface area (TPSA) is 126 Å². The lowest BCUT2D eigenvalue weighted by molar-refractivity contribution is -0.387. The molecule has 2 aromatic heterocycles. The largest absolute Gasteiger partial charge is 0.497 e. The molecule has 0 amide bonds. The van der Waals surface area contributed by atoms with Crippen molar-refractivity contribution in [2.24, 2.45) is 4.99 Å². The highest BCUT2D eigenvalue weighted by Gasteiger charge is 2.35. The predicted molar refractivity (Wildman–Crippen MR) is 165 cm³/mol. The number of aromatic nitrogens is 1. The fourth-order valence-electron chi connectivity index (χ4n) is 5.09. The molecule has 0 bridgehead atoms. The molecule has 6 rings (SSSR count). The van der Waals surface area contributed by atoms with Gasteiger partial charge >= 0.3 is 11.7 Å². The molecule has 3 aromatic carbocycles. The summed E-state index contributed by atoms with van der Waals surface area (Å²) in [5.74, 6) is -0.485. The molecule has 45 heavy (non-hydrogen) atoms. The second kappa shape index (κ2) is 12.2. The van der Waals surface area contributed by atoms with Crippen LogP contribution in [0.25, 0.3) is 23.1 Å². The minimum atomic E-state index is -0.959. The summed E-state index contributed by atoms with van der Waals surface area (Å²) >= 11 is 1.12. The van der Waals surface area contributed by atoms with Crippen LogP contribution in [0.4, 0.5) is 10.1 Å². The lowest BCUT2D eigenvalue weighted by Crippen LogP contribution is -2.40. The number of halogens is 1. The Balaban J connectivity index is 1.54. The molecule has 5 aromatic rings. The van der Waals surface area contributed by atoms with Crippen molar-refractivity contribution in [1.82, 2.24) is 4.57 Å². The second-order valence-corrected chi connectivity index (χ2v) is 10.8. The van der Waals surface area contributed by atoms with E-state index >= 15 is 0 Å². The van der Waals surface area contributed by atoms with E-state index in [9.17, 15) is 24.1 Å². The first-order chi connectivity index (χ1) is 21.8. The standard InChI is InChI=1S/C33H24FN3O7S/c1-3-43-32(39)28-29(19-8-5-4-6-9-19)35-33-36(30(28)21-10-7-11-22(16-21)42-2)31(38)27(45-33)18-23-13-15-26(44-23)20-12-14-24(34)25(17-20)37(40)41/h4-18,30H,3H2,1-2H3/b27-18-/t30-/m1/s1.